The van der Waals surface area contributed by atoms with E-state index in [0.717, 1.165) is 5.56 Å². The number of carbonyl (C=O) groups is 1. The van der Waals surface area contributed by atoms with E-state index in [0.29, 0.717) is 23.3 Å². The van der Waals surface area contributed by atoms with Crippen LogP contribution in [0.25, 0.3) is 0 Å². The van der Waals surface area contributed by atoms with Gasteiger partial charge in [-0.05, 0) is 42.5 Å². The summed E-state index contributed by atoms with van der Waals surface area (Å²) in [5, 5.41) is 9.39. The highest BCUT2D eigenvalue weighted by molar-refractivity contribution is 6.30. The van der Waals surface area contributed by atoms with Crippen LogP contribution < -0.4 is 10.5 Å². The Morgan fingerprint density at radius 1 is 1.56 bits per heavy atom. The predicted molar refractivity (Wildman–Crippen MR) is 69.0 cm³/mol. The summed E-state index contributed by atoms with van der Waals surface area (Å²) in [5.41, 5.74) is 6.29. The minimum atomic E-state index is -1.02. The summed E-state index contributed by atoms with van der Waals surface area (Å²) in [6, 6.07) is 4.28. The Kier molecular flexibility index (Phi) is 4.09. The molecular formula is C13H16ClNO3. The van der Waals surface area contributed by atoms with Crippen LogP contribution in [0.5, 0.6) is 5.75 Å². The Hall–Kier alpha value is -1.26. The highest BCUT2D eigenvalue weighted by atomic mass is 35.5. The highest BCUT2D eigenvalue weighted by Gasteiger charge is 2.23. The number of hydrogen-bond donors (Lipinski definition) is 2. The standard InChI is InChI=1S/C13H16ClNO3/c14-10-3-4-12(18-7-8-1-2-8)9(5-10)6-11(15)13(16)17/h3-5,8,11H,1-2,6-7,15H2,(H,16,17). The molecule has 0 saturated heterocycles. The summed E-state index contributed by atoms with van der Waals surface area (Å²) in [6.07, 6.45) is 2.63. The molecule has 2 rings (SSSR count). The molecule has 5 heteroatoms. The first kappa shape index (κ1) is 13.2. The number of nitrogens with two attached hydrogens (primary N) is 1. The van der Waals surface area contributed by atoms with Gasteiger partial charge >= 0.3 is 5.97 Å². The first-order valence-corrected chi connectivity index (χ1v) is 6.33. The number of benzene rings is 1. The molecule has 1 fully saturated rings. The van der Waals surface area contributed by atoms with Crippen molar-refractivity contribution in [3.05, 3.63) is 28.8 Å². The smallest absolute Gasteiger partial charge is 0.320 e. The van der Waals surface area contributed by atoms with E-state index < -0.39 is 12.0 Å². The molecule has 0 heterocycles. The fourth-order valence-electron chi connectivity index (χ4n) is 1.66. The first-order valence-electron chi connectivity index (χ1n) is 5.96. The van der Waals surface area contributed by atoms with Gasteiger partial charge in [0.05, 0.1) is 6.61 Å². The second-order valence-electron chi connectivity index (χ2n) is 4.66. The molecule has 1 aromatic carbocycles. The zero-order chi connectivity index (χ0) is 13.1. The quantitative estimate of drug-likeness (QED) is 0.829. The van der Waals surface area contributed by atoms with Gasteiger partial charge in [-0.1, -0.05) is 11.6 Å². The summed E-state index contributed by atoms with van der Waals surface area (Å²) >= 11 is 5.91. The lowest BCUT2D eigenvalue weighted by atomic mass is 10.1. The Bertz CT molecular complexity index is 446. The van der Waals surface area contributed by atoms with Crippen LogP contribution in [0.2, 0.25) is 5.02 Å². The van der Waals surface area contributed by atoms with Crippen molar-refractivity contribution in [2.45, 2.75) is 25.3 Å². The van der Waals surface area contributed by atoms with E-state index in [1.807, 2.05) is 0 Å². The first-order chi connectivity index (χ1) is 8.56. The summed E-state index contributed by atoms with van der Waals surface area (Å²) < 4.78 is 5.69. The van der Waals surface area contributed by atoms with Crippen molar-refractivity contribution < 1.29 is 14.6 Å². The molecule has 1 atom stereocenters. The molecule has 0 radical (unpaired) electrons. The SMILES string of the molecule is NC(Cc1cc(Cl)ccc1OCC1CC1)C(=O)O. The molecule has 1 aliphatic carbocycles. The maximum Gasteiger partial charge on any atom is 0.320 e. The van der Waals surface area contributed by atoms with Crippen molar-refractivity contribution in [1.29, 1.82) is 0 Å². The predicted octanol–water partition coefficient (Wildman–Crippen LogP) is 2.08. The highest BCUT2D eigenvalue weighted by Crippen LogP contribution is 2.31. The number of ether oxygens (including phenoxy) is 1. The Morgan fingerprint density at radius 2 is 2.28 bits per heavy atom. The van der Waals surface area contributed by atoms with Crippen LogP contribution >= 0.6 is 11.6 Å². The second kappa shape index (κ2) is 5.59. The molecule has 0 aliphatic heterocycles. The van der Waals surface area contributed by atoms with Crippen LogP contribution in [0.15, 0.2) is 18.2 Å². The topological polar surface area (TPSA) is 72.5 Å². The minimum absolute atomic E-state index is 0.218. The average molecular weight is 270 g/mol. The molecule has 4 nitrogen and oxygen atoms in total. The van der Waals surface area contributed by atoms with Crippen LogP contribution in [-0.4, -0.2) is 23.7 Å². The normalized spacial score (nSPS) is 16.3. The third-order valence-electron chi connectivity index (χ3n) is 2.95. The Balaban J connectivity index is 2.08. The lowest BCUT2D eigenvalue weighted by molar-refractivity contribution is -0.138. The third-order valence-corrected chi connectivity index (χ3v) is 3.19. The fraction of sp³-hybridized carbons (Fsp3) is 0.462. The van der Waals surface area contributed by atoms with Gasteiger partial charge in [0.2, 0.25) is 0 Å². The number of aliphatic carboxylic acids is 1. The molecule has 1 aromatic rings. The zero-order valence-corrected chi connectivity index (χ0v) is 10.7. The van der Waals surface area contributed by atoms with E-state index in [1.165, 1.54) is 12.8 Å². The number of hydrogen-bond acceptors (Lipinski definition) is 3. The minimum Gasteiger partial charge on any atom is -0.493 e. The van der Waals surface area contributed by atoms with Gasteiger partial charge in [0, 0.05) is 11.4 Å². The molecule has 0 spiro atoms. The average Bonchev–Trinajstić information content (AvgIpc) is 3.11. The fourth-order valence-corrected chi connectivity index (χ4v) is 1.86. The lowest BCUT2D eigenvalue weighted by Crippen LogP contribution is -2.32. The van der Waals surface area contributed by atoms with Gasteiger partial charge in [0.25, 0.3) is 0 Å². The summed E-state index contributed by atoms with van der Waals surface area (Å²) in [6.45, 7) is 0.678. The van der Waals surface area contributed by atoms with Gasteiger partial charge < -0.3 is 15.6 Å². The number of carboxylic acid groups (broad SMARTS) is 1. The van der Waals surface area contributed by atoms with E-state index in [9.17, 15) is 4.79 Å². The van der Waals surface area contributed by atoms with E-state index >= 15 is 0 Å². The molecule has 1 aliphatic rings. The second-order valence-corrected chi connectivity index (χ2v) is 5.09. The van der Waals surface area contributed by atoms with Crippen molar-refractivity contribution in [3.63, 3.8) is 0 Å². The van der Waals surface area contributed by atoms with Crippen molar-refractivity contribution in [3.8, 4) is 5.75 Å². The van der Waals surface area contributed by atoms with Gasteiger partial charge in [0.15, 0.2) is 0 Å². The van der Waals surface area contributed by atoms with E-state index in [2.05, 4.69) is 0 Å². The maximum atomic E-state index is 10.8. The maximum absolute atomic E-state index is 10.8. The molecule has 0 bridgehead atoms. The summed E-state index contributed by atoms with van der Waals surface area (Å²) in [7, 11) is 0. The molecular weight excluding hydrogens is 254 g/mol. The molecule has 1 unspecified atom stereocenters. The van der Waals surface area contributed by atoms with Gasteiger partial charge in [0.1, 0.15) is 11.8 Å². The van der Waals surface area contributed by atoms with Crippen molar-refractivity contribution >= 4 is 17.6 Å². The van der Waals surface area contributed by atoms with Crippen molar-refractivity contribution in [2.75, 3.05) is 6.61 Å². The van der Waals surface area contributed by atoms with Gasteiger partial charge in [-0.15, -0.1) is 0 Å². The van der Waals surface area contributed by atoms with Crippen molar-refractivity contribution in [1.82, 2.24) is 0 Å². The zero-order valence-electron chi connectivity index (χ0n) is 9.93. The van der Waals surface area contributed by atoms with Gasteiger partial charge in [-0.25, -0.2) is 0 Å². The number of halogens is 1. The monoisotopic (exact) mass is 269 g/mol. The van der Waals surface area contributed by atoms with Gasteiger partial charge in [-0.3, -0.25) is 4.79 Å². The Morgan fingerprint density at radius 3 is 2.89 bits per heavy atom. The molecule has 18 heavy (non-hydrogen) atoms. The van der Waals surface area contributed by atoms with E-state index in [4.69, 9.17) is 27.2 Å². The van der Waals surface area contributed by atoms with E-state index in [1.54, 1.807) is 18.2 Å². The van der Waals surface area contributed by atoms with Crippen LogP contribution in [0.4, 0.5) is 0 Å². The van der Waals surface area contributed by atoms with Gasteiger partial charge in [-0.2, -0.15) is 0 Å². The van der Waals surface area contributed by atoms with Crippen molar-refractivity contribution in [2.24, 2.45) is 11.7 Å². The molecule has 0 amide bonds. The molecule has 0 aromatic heterocycles. The molecule has 1 saturated carbocycles. The Labute approximate surface area is 111 Å². The third kappa shape index (κ3) is 3.62. The van der Waals surface area contributed by atoms with Crippen LogP contribution in [0, 0.1) is 5.92 Å². The van der Waals surface area contributed by atoms with Crippen LogP contribution in [0.3, 0.4) is 0 Å². The summed E-state index contributed by atoms with van der Waals surface area (Å²) in [5.74, 6) is 0.299. The lowest BCUT2D eigenvalue weighted by Gasteiger charge is -2.13. The molecule has 3 N–H and O–H groups in total. The number of rotatable bonds is 6. The van der Waals surface area contributed by atoms with Crippen LogP contribution in [-0.2, 0) is 11.2 Å². The number of carboxylic acids is 1. The van der Waals surface area contributed by atoms with Crippen LogP contribution in [0.1, 0.15) is 18.4 Å². The largest absolute Gasteiger partial charge is 0.493 e. The van der Waals surface area contributed by atoms with E-state index in [-0.39, 0.29) is 6.42 Å². The summed E-state index contributed by atoms with van der Waals surface area (Å²) in [4.78, 5) is 10.8. The molecule has 98 valence electrons.